The lowest BCUT2D eigenvalue weighted by atomic mass is 10.1. The number of benzene rings is 1. The second-order valence-corrected chi connectivity index (χ2v) is 8.75. The van der Waals surface area contributed by atoms with Crippen molar-refractivity contribution >= 4 is 20.2 Å². The molecule has 21 heavy (non-hydrogen) atoms. The van der Waals surface area contributed by atoms with Crippen molar-refractivity contribution in [3.8, 4) is 0 Å². The minimum atomic E-state index is -4.83. The van der Waals surface area contributed by atoms with E-state index in [1.807, 2.05) is 13.8 Å². The average molecular weight is 337 g/mol. The molecule has 1 atom stereocenters. The van der Waals surface area contributed by atoms with E-state index < -0.39 is 25.1 Å². The van der Waals surface area contributed by atoms with Gasteiger partial charge < -0.3 is 0 Å². The number of sulfonamides is 1. The van der Waals surface area contributed by atoms with E-state index in [1.54, 1.807) is 6.92 Å². The smallest absolute Gasteiger partial charge is 0.207 e. The summed E-state index contributed by atoms with van der Waals surface area (Å²) in [6.45, 7) is 5.80. The summed E-state index contributed by atoms with van der Waals surface area (Å²) >= 11 is 0. The lowest BCUT2D eigenvalue weighted by molar-refractivity contribution is 0.338. The van der Waals surface area contributed by atoms with Crippen molar-refractivity contribution in [3.63, 3.8) is 0 Å². The van der Waals surface area contributed by atoms with Gasteiger partial charge >= 0.3 is 10.2 Å². The molecule has 8 heteroatoms. The van der Waals surface area contributed by atoms with Crippen molar-refractivity contribution in [2.75, 3.05) is 7.05 Å². The zero-order chi connectivity index (χ0) is 16.4. The Kier molecular flexibility index (Phi) is 5.51. The fourth-order valence-electron chi connectivity index (χ4n) is 2.01. The highest BCUT2D eigenvalue weighted by atomic mass is 32.3. The van der Waals surface area contributed by atoms with Gasteiger partial charge in [0.2, 0.25) is 10.0 Å². The maximum atomic E-state index is 12.8. The van der Waals surface area contributed by atoms with Crippen LogP contribution in [-0.2, 0) is 20.2 Å². The van der Waals surface area contributed by atoms with Gasteiger partial charge in [-0.2, -0.15) is 12.7 Å². The molecule has 0 N–H and O–H groups in total. The normalized spacial score (nSPS) is 14.6. The second kappa shape index (κ2) is 6.41. The molecule has 0 amide bonds. The topological polar surface area (TPSA) is 71.5 Å². The molecule has 0 aliphatic rings. The number of hydrogen-bond acceptors (Lipinski definition) is 4. The maximum Gasteiger partial charge on any atom is 0.332 e. The highest BCUT2D eigenvalue weighted by molar-refractivity contribution is 7.89. The van der Waals surface area contributed by atoms with Gasteiger partial charge in [-0.3, -0.25) is 0 Å². The molecule has 1 aromatic carbocycles. The molecule has 0 spiro atoms. The highest BCUT2D eigenvalue weighted by Gasteiger charge is 2.26. The molecule has 1 unspecified atom stereocenters. The zero-order valence-corrected chi connectivity index (χ0v) is 14.1. The van der Waals surface area contributed by atoms with Crippen LogP contribution < -0.4 is 0 Å². The first-order valence-electron chi connectivity index (χ1n) is 6.49. The molecule has 0 radical (unpaired) electrons. The van der Waals surface area contributed by atoms with Gasteiger partial charge in [-0.1, -0.05) is 13.8 Å². The van der Waals surface area contributed by atoms with Crippen molar-refractivity contribution in [1.82, 2.24) is 4.31 Å². The van der Waals surface area contributed by atoms with Crippen molar-refractivity contribution in [2.45, 2.75) is 43.0 Å². The SMILES string of the molecule is CC(C)CC(C)N(C)S(=O)(=O)c1ccc(S(=O)(=O)F)cc1. The summed E-state index contributed by atoms with van der Waals surface area (Å²) in [5.41, 5.74) is 0. The Bertz CT molecular complexity index is 681. The Morgan fingerprint density at radius 3 is 1.81 bits per heavy atom. The minimum Gasteiger partial charge on any atom is -0.207 e. The first kappa shape index (κ1) is 18.1. The molecule has 0 fully saturated rings. The Morgan fingerprint density at radius 2 is 1.43 bits per heavy atom. The Morgan fingerprint density at radius 1 is 1.00 bits per heavy atom. The maximum absolute atomic E-state index is 12.8. The van der Waals surface area contributed by atoms with Crippen LogP contribution in [-0.4, -0.2) is 34.2 Å². The van der Waals surface area contributed by atoms with Crippen LogP contribution in [0.5, 0.6) is 0 Å². The lowest BCUT2D eigenvalue weighted by Gasteiger charge is -2.25. The summed E-state index contributed by atoms with van der Waals surface area (Å²) < 4.78 is 60.3. The van der Waals surface area contributed by atoms with Gasteiger partial charge in [-0.05, 0) is 43.5 Å². The zero-order valence-electron chi connectivity index (χ0n) is 12.4. The van der Waals surface area contributed by atoms with E-state index in [9.17, 15) is 20.7 Å². The molecular formula is C13H20FNO4S2. The van der Waals surface area contributed by atoms with Gasteiger partial charge in [0.15, 0.2) is 0 Å². The summed E-state index contributed by atoms with van der Waals surface area (Å²) in [5, 5.41) is 0. The fraction of sp³-hybridized carbons (Fsp3) is 0.538. The fourth-order valence-corrected chi connectivity index (χ4v) is 3.84. The van der Waals surface area contributed by atoms with Crippen LogP contribution in [0.3, 0.4) is 0 Å². The monoisotopic (exact) mass is 337 g/mol. The predicted octanol–water partition coefficient (Wildman–Crippen LogP) is 2.40. The lowest BCUT2D eigenvalue weighted by Crippen LogP contribution is -2.35. The van der Waals surface area contributed by atoms with Crippen LogP contribution in [0.1, 0.15) is 27.2 Å². The second-order valence-electron chi connectivity index (χ2n) is 5.41. The molecular weight excluding hydrogens is 317 g/mol. The number of halogens is 1. The number of hydrogen-bond donors (Lipinski definition) is 0. The third kappa shape index (κ3) is 4.49. The molecule has 0 aliphatic heterocycles. The van der Waals surface area contributed by atoms with Gasteiger partial charge in [0.1, 0.15) is 0 Å². The summed E-state index contributed by atoms with van der Waals surface area (Å²) in [5.74, 6) is 0.344. The van der Waals surface area contributed by atoms with Crippen LogP contribution in [0.2, 0.25) is 0 Å². The number of rotatable bonds is 6. The van der Waals surface area contributed by atoms with Crippen molar-refractivity contribution < 1.29 is 20.7 Å². The third-order valence-corrected chi connectivity index (χ3v) is 6.04. The van der Waals surface area contributed by atoms with Gasteiger partial charge in [0, 0.05) is 13.1 Å². The standard InChI is InChI=1S/C13H20FNO4S2/c1-10(2)9-11(3)15(4)21(18,19)13-7-5-12(6-8-13)20(14,16)17/h5-8,10-11H,9H2,1-4H3. The summed E-state index contributed by atoms with van der Waals surface area (Å²) in [4.78, 5) is -0.618. The van der Waals surface area contributed by atoms with Gasteiger partial charge in [0.05, 0.1) is 9.79 Å². The molecule has 0 aliphatic carbocycles. The Balaban J connectivity index is 3.08. The summed E-state index contributed by atoms with van der Waals surface area (Å²) in [6, 6.07) is 3.90. The van der Waals surface area contributed by atoms with Gasteiger partial charge in [-0.15, -0.1) is 3.89 Å². The van der Waals surface area contributed by atoms with Crippen LogP contribution in [0, 0.1) is 5.92 Å². The van der Waals surface area contributed by atoms with Crippen molar-refractivity contribution in [3.05, 3.63) is 24.3 Å². The van der Waals surface area contributed by atoms with E-state index in [0.717, 1.165) is 24.3 Å². The van der Waals surface area contributed by atoms with Crippen LogP contribution in [0.15, 0.2) is 34.1 Å². The Labute approximate surface area is 126 Å². The van der Waals surface area contributed by atoms with E-state index in [1.165, 1.54) is 11.4 Å². The molecule has 0 aromatic heterocycles. The van der Waals surface area contributed by atoms with Crippen molar-refractivity contribution in [1.29, 1.82) is 0 Å². The van der Waals surface area contributed by atoms with Crippen molar-refractivity contribution in [2.24, 2.45) is 5.92 Å². The highest BCUT2D eigenvalue weighted by Crippen LogP contribution is 2.22. The molecule has 1 aromatic rings. The summed E-state index contributed by atoms with van der Waals surface area (Å²) in [6.07, 6.45) is 0.701. The molecule has 0 heterocycles. The van der Waals surface area contributed by atoms with E-state index in [-0.39, 0.29) is 10.9 Å². The average Bonchev–Trinajstić information content (AvgIpc) is 2.36. The molecule has 0 saturated heterocycles. The van der Waals surface area contributed by atoms with Crippen LogP contribution >= 0.6 is 0 Å². The van der Waals surface area contributed by atoms with E-state index in [2.05, 4.69) is 0 Å². The third-order valence-electron chi connectivity index (χ3n) is 3.22. The quantitative estimate of drug-likeness (QED) is 0.747. The van der Waals surface area contributed by atoms with Gasteiger partial charge in [0.25, 0.3) is 0 Å². The molecule has 1 rings (SSSR count). The molecule has 120 valence electrons. The molecule has 0 saturated carbocycles. The summed E-state index contributed by atoms with van der Waals surface area (Å²) in [7, 11) is -7.08. The van der Waals surface area contributed by atoms with Gasteiger partial charge in [-0.25, -0.2) is 8.42 Å². The molecule has 0 bridgehead atoms. The minimum absolute atomic E-state index is 0.0620. The van der Waals surface area contributed by atoms with E-state index >= 15 is 0 Å². The first-order valence-corrected chi connectivity index (χ1v) is 9.31. The number of nitrogens with zero attached hydrogens (tertiary/aromatic N) is 1. The van der Waals surface area contributed by atoms with Crippen LogP contribution in [0.25, 0.3) is 0 Å². The predicted molar refractivity (Wildman–Crippen MR) is 78.6 cm³/mol. The van der Waals surface area contributed by atoms with Crippen LogP contribution in [0.4, 0.5) is 3.89 Å². The Hall–Kier alpha value is -0.990. The largest absolute Gasteiger partial charge is 0.332 e. The van der Waals surface area contributed by atoms with E-state index in [0.29, 0.717) is 12.3 Å². The van der Waals surface area contributed by atoms with E-state index in [4.69, 9.17) is 0 Å². The first-order chi connectivity index (χ1) is 9.46. The molecule has 5 nitrogen and oxygen atoms in total.